The minimum atomic E-state index is -0.335. The highest BCUT2D eigenvalue weighted by Crippen LogP contribution is 2.30. The molecule has 8 heteroatoms. The van der Waals surface area contributed by atoms with Gasteiger partial charge in [-0.05, 0) is 43.2 Å². The molecule has 31 heavy (non-hydrogen) atoms. The molecule has 1 amide bonds. The predicted molar refractivity (Wildman–Crippen MR) is 118 cm³/mol. The predicted octanol–water partition coefficient (Wildman–Crippen LogP) is 3.46. The number of para-hydroxylation sites is 1. The van der Waals surface area contributed by atoms with Gasteiger partial charge in [0, 0.05) is 0 Å². The molecule has 1 atom stereocenters. The second-order valence-electron chi connectivity index (χ2n) is 7.24. The fraction of sp³-hybridized carbons (Fsp3) is 0.261. The van der Waals surface area contributed by atoms with Crippen molar-refractivity contribution in [3.8, 4) is 11.5 Å². The maximum Gasteiger partial charge on any atom is 0.259 e. The van der Waals surface area contributed by atoms with Crippen molar-refractivity contribution in [3.63, 3.8) is 0 Å². The molecule has 160 valence electrons. The Morgan fingerprint density at radius 1 is 1.23 bits per heavy atom. The van der Waals surface area contributed by atoms with Gasteiger partial charge in [-0.25, -0.2) is 4.52 Å². The lowest BCUT2D eigenvalue weighted by molar-refractivity contribution is 0.0941. The molecule has 1 unspecified atom stereocenters. The first-order valence-corrected chi connectivity index (χ1v) is 10.1. The summed E-state index contributed by atoms with van der Waals surface area (Å²) in [7, 11) is 1.58. The van der Waals surface area contributed by atoms with Crippen molar-refractivity contribution in [1.29, 1.82) is 0 Å². The fourth-order valence-electron chi connectivity index (χ4n) is 3.49. The molecule has 4 aromatic rings. The Hall–Kier alpha value is -3.81. The van der Waals surface area contributed by atoms with Gasteiger partial charge in [-0.2, -0.15) is 5.10 Å². The number of rotatable bonds is 7. The second-order valence-corrected chi connectivity index (χ2v) is 7.24. The lowest BCUT2D eigenvalue weighted by atomic mass is 10.1. The normalized spacial score (nSPS) is 12.1. The standard InChI is InChI=1S/C23H24N4O4/c1-4-11-31-19-10-9-15(12-20(19)30-3)14(2)25-23(29)17-13-24-27-18-8-6-5-7-16(18)22(28)26-21(17)27/h5-10,12-14H,4,11H2,1-3H3,(H,25,29)(H,26,28). The van der Waals surface area contributed by atoms with Crippen LogP contribution in [0.3, 0.4) is 0 Å². The number of benzene rings is 2. The quantitative estimate of drug-likeness (QED) is 0.477. The van der Waals surface area contributed by atoms with E-state index in [-0.39, 0.29) is 17.5 Å². The molecule has 0 spiro atoms. The van der Waals surface area contributed by atoms with Crippen LogP contribution < -0.4 is 20.3 Å². The first kappa shape index (κ1) is 20.5. The Morgan fingerprint density at radius 3 is 2.81 bits per heavy atom. The van der Waals surface area contributed by atoms with Gasteiger partial charge in [0.05, 0.1) is 36.9 Å². The zero-order chi connectivity index (χ0) is 22.0. The van der Waals surface area contributed by atoms with Crippen molar-refractivity contribution >= 4 is 22.5 Å². The van der Waals surface area contributed by atoms with Crippen LogP contribution in [0, 0.1) is 0 Å². The Balaban J connectivity index is 1.61. The van der Waals surface area contributed by atoms with Gasteiger partial charge in [-0.15, -0.1) is 0 Å². The summed E-state index contributed by atoms with van der Waals surface area (Å²) in [5.74, 6) is 0.941. The molecule has 2 aromatic carbocycles. The third-order valence-corrected chi connectivity index (χ3v) is 5.12. The second kappa shape index (κ2) is 8.51. The van der Waals surface area contributed by atoms with Gasteiger partial charge < -0.3 is 19.8 Å². The molecule has 8 nitrogen and oxygen atoms in total. The maximum atomic E-state index is 13.0. The van der Waals surface area contributed by atoms with E-state index in [1.165, 1.54) is 6.20 Å². The van der Waals surface area contributed by atoms with E-state index in [9.17, 15) is 9.59 Å². The monoisotopic (exact) mass is 420 g/mol. The van der Waals surface area contributed by atoms with Gasteiger partial charge in [0.15, 0.2) is 11.5 Å². The summed E-state index contributed by atoms with van der Waals surface area (Å²) in [6.07, 6.45) is 2.36. The molecular formula is C23H24N4O4. The molecule has 0 aliphatic heterocycles. The van der Waals surface area contributed by atoms with Gasteiger partial charge in [0.25, 0.3) is 11.5 Å². The molecule has 2 N–H and O–H groups in total. The first-order chi connectivity index (χ1) is 15.0. The van der Waals surface area contributed by atoms with E-state index in [1.807, 2.05) is 38.1 Å². The van der Waals surface area contributed by atoms with Crippen molar-refractivity contribution in [1.82, 2.24) is 19.9 Å². The van der Waals surface area contributed by atoms with Crippen molar-refractivity contribution < 1.29 is 14.3 Å². The van der Waals surface area contributed by atoms with E-state index in [0.717, 1.165) is 12.0 Å². The SMILES string of the molecule is CCCOc1ccc(C(C)NC(=O)c2cnn3c2[nH]c(=O)c2ccccc23)cc1OC. The first-order valence-electron chi connectivity index (χ1n) is 10.1. The summed E-state index contributed by atoms with van der Waals surface area (Å²) in [6.45, 7) is 4.52. The van der Waals surface area contributed by atoms with Crippen LogP contribution in [-0.2, 0) is 0 Å². The smallest absolute Gasteiger partial charge is 0.259 e. The highest BCUT2D eigenvalue weighted by atomic mass is 16.5. The zero-order valence-corrected chi connectivity index (χ0v) is 17.6. The highest BCUT2D eigenvalue weighted by molar-refractivity contribution is 6.00. The molecule has 0 aliphatic carbocycles. The van der Waals surface area contributed by atoms with Gasteiger partial charge in [0.2, 0.25) is 0 Å². The molecular weight excluding hydrogens is 396 g/mol. The Bertz CT molecular complexity index is 1310. The summed E-state index contributed by atoms with van der Waals surface area (Å²) < 4.78 is 12.7. The van der Waals surface area contributed by atoms with Crippen LogP contribution in [0.1, 0.15) is 42.2 Å². The number of hydrogen-bond acceptors (Lipinski definition) is 5. The third kappa shape index (κ3) is 3.84. The number of H-pyrrole nitrogens is 1. The number of aromatic nitrogens is 3. The maximum absolute atomic E-state index is 13.0. The largest absolute Gasteiger partial charge is 0.493 e. The van der Waals surface area contributed by atoms with E-state index in [4.69, 9.17) is 9.47 Å². The molecule has 4 rings (SSSR count). The van der Waals surface area contributed by atoms with Crippen LogP contribution in [0.5, 0.6) is 11.5 Å². The summed E-state index contributed by atoms with van der Waals surface area (Å²) in [5.41, 5.74) is 1.89. The number of nitrogens with one attached hydrogen (secondary N) is 2. The van der Waals surface area contributed by atoms with Crippen LogP contribution in [0.25, 0.3) is 16.6 Å². The summed E-state index contributed by atoms with van der Waals surface area (Å²) in [6, 6.07) is 12.4. The zero-order valence-electron chi connectivity index (χ0n) is 17.6. The fourth-order valence-corrected chi connectivity index (χ4v) is 3.49. The molecule has 0 saturated carbocycles. The van der Waals surface area contributed by atoms with Crippen LogP contribution >= 0.6 is 0 Å². The summed E-state index contributed by atoms with van der Waals surface area (Å²) in [5, 5.41) is 7.78. The number of carbonyl (C=O) groups is 1. The Kier molecular flexibility index (Phi) is 5.62. The molecule has 0 aliphatic rings. The van der Waals surface area contributed by atoms with Gasteiger partial charge in [0.1, 0.15) is 11.2 Å². The minimum Gasteiger partial charge on any atom is -0.493 e. The number of hydrogen-bond donors (Lipinski definition) is 2. The number of methoxy groups -OCH3 is 1. The lowest BCUT2D eigenvalue weighted by Crippen LogP contribution is -2.27. The van der Waals surface area contributed by atoms with E-state index in [0.29, 0.717) is 40.2 Å². The third-order valence-electron chi connectivity index (χ3n) is 5.12. The Labute approximate surface area is 178 Å². The number of carbonyl (C=O) groups excluding carboxylic acids is 1. The van der Waals surface area contributed by atoms with E-state index in [2.05, 4.69) is 15.4 Å². The number of nitrogens with zero attached hydrogens (tertiary/aromatic N) is 2. The minimum absolute atomic E-state index is 0.266. The van der Waals surface area contributed by atoms with E-state index < -0.39 is 0 Å². The average Bonchev–Trinajstić information content (AvgIpc) is 3.21. The average molecular weight is 420 g/mol. The van der Waals surface area contributed by atoms with Crippen molar-refractivity contribution in [2.75, 3.05) is 13.7 Å². The highest BCUT2D eigenvalue weighted by Gasteiger charge is 2.19. The summed E-state index contributed by atoms with van der Waals surface area (Å²) in [4.78, 5) is 28.2. The summed E-state index contributed by atoms with van der Waals surface area (Å²) >= 11 is 0. The van der Waals surface area contributed by atoms with E-state index in [1.54, 1.807) is 29.8 Å². The number of amides is 1. The van der Waals surface area contributed by atoms with Crippen LogP contribution in [-0.4, -0.2) is 34.2 Å². The molecule has 0 radical (unpaired) electrons. The van der Waals surface area contributed by atoms with Crippen molar-refractivity contribution in [2.45, 2.75) is 26.3 Å². The van der Waals surface area contributed by atoms with Gasteiger partial charge >= 0.3 is 0 Å². The van der Waals surface area contributed by atoms with Crippen LogP contribution in [0.15, 0.2) is 53.5 Å². The lowest BCUT2D eigenvalue weighted by Gasteiger charge is -2.17. The number of fused-ring (bicyclic) bond motifs is 3. The van der Waals surface area contributed by atoms with Crippen molar-refractivity contribution in [3.05, 3.63) is 70.1 Å². The molecule has 0 fully saturated rings. The topological polar surface area (TPSA) is 97.7 Å². The van der Waals surface area contributed by atoms with Crippen LogP contribution in [0.4, 0.5) is 0 Å². The molecule has 0 saturated heterocycles. The Morgan fingerprint density at radius 2 is 2.03 bits per heavy atom. The molecule has 2 aromatic heterocycles. The molecule has 0 bridgehead atoms. The number of ether oxygens (including phenoxy) is 2. The van der Waals surface area contributed by atoms with Gasteiger partial charge in [-0.3, -0.25) is 9.59 Å². The van der Waals surface area contributed by atoms with E-state index >= 15 is 0 Å². The van der Waals surface area contributed by atoms with Gasteiger partial charge in [-0.1, -0.05) is 25.1 Å². The van der Waals surface area contributed by atoms with Crippen molar-refractivity contribution in [2.24, 2.45) is 0 Å². The van der Waals surface area contributed by atoms with Crippen LogP contribution in [0.2, 0.25) is 0 Å². The molecule has 2 heterocycles. The number of aromatic amines is 1.